The lowest BCUT2D eigenvalue weighted by Crippen LogP contribution is -2.31. The fourth-order valence-corrected chi connectivity index (χ4v) is 11.9. The molecule has 0 amide bonds. The molecule has 3 atom stereocenters. The first kappa shape index (κ1) is 90.2. The van der Waals surface area contributed by atoms with Crippen molar-refractivity contribution in [1.82, 2.24) is 6.15 Å². The van der Waals surface area contributed by atoms with E-state index in [1.807, 2.05) is 0 Å². The third-order valence-corrected chi connectivity index (χ3v) is 17.9. The molecule has 0 fully saturated rings. The Balaban J connectivity index is 0. The highest BCUT2D eigenvalue weighted by Gasteiger charge is 2.29. The summed E-state index contributed by atoms with van der Waals surface area (Å²) in [5.41, 5.74) is 0. The standard InChI is InChI=1S/C77H143O12P.H3N/c1-5-9-13-17-21-25-29-33-37-41-45-49-53-57-61-65-75(79)85-69-73(89-77(81)67-63-59-55-51-47-43-39-35-31-27-23-19-15-11-7-3)71-87-90(82,83)86-70-72(68-84-74(78)64-60-56-52-48-44-40-36-32-28-24-20-16-12-8-4)88-76(80)66-62-58-54-50-46-42-38-34-30-26-22-18-14-10-6-2;/h33-35,37-39,72-73H,5-32,36,40-71H2,1-4H3,(H,82,83);1H3/b37-33-,38-34-,39-35-;/t72-,73-;/m1./s1. The molecule has 4 N–H and O–H groups in total. The summed E-state index contributed by atoms with van der Waals surface area (Å²) in [5, 5.41) is 0. The SMILES string of the molecule is CCCCCCCC/C=C\CCCCCCCC(=O)OC[C@H](COP(=O)(O)OC[C@@H](COC(=O)CCCCCCCCCCCCCCCC)OC(=O)CCCCCCC/C=C\CCCCCCCC)OC(=O)CCCCCCC/C=C\CCCCCCCC.N. The van der Waals surface area contributed by atoms with Gasteiger partial charge in [0.25, 0.3) is 0 Å². The molecule has 0 radical (unpaired) electrons. The maximum Gasteiger partial charge on any atom is 0.472 e. The molecule has 0 aliphatic heterocycles. The van der Waals surface area contributed by atoms with Crippen LogP contribution < -0.4 is 6.15 Å². The first-order chi connectivity index (χ1) is 44.1. The van der Waals surface area contributed by atoms with Crippen molar-refractivity contribution >= 4 is 31.7 Å². The molecule has 536 valence electrons. The van der Waals surface area contributed by atoms with Crippen molar-refractivity contribution in [2.75, 3.05) is 26.4 Å². The molecule has 91 heavy (non-hydrogen) atoms. The Labute approximate surface area is 560 Å². The number of phosphoric acid groups is 1. The van der Waals surface area contributed by atoms with Crippen molar-refractivity contribution < 1.29 is 56.6 Å². The summed E-state index contributed by atoms with van der Waals surface area (Å²) >= 11 is 0. The topological polar surface area (TPSA) is 196 Å². The van der Waals surface area contributed by atoms with Gasteiger partial charge in [-0.15, -0.1) is 0 Å². The number of carbonyl (C=O) groups is 4. The van der Waals surface area contributed by atoms with E-state index in [1.54, 1.807) is 0 Å². The Hall–Kier alpha value is -2.83. The van der Waals surface area contributed by atoms with Crippen molar-refractivity contribution in [3.8, 4) is 0 Å². The van der Waals surface area contributed by atoms with Gasteiger partial charge in [0, 0.05) is 25.7 Å². The van der Waals surface area contributed by atoms with Crippen LogP contribution in [0.3, 0.4) is 0 Å². The Kier molecular flexibility index (Phi) is 72.4. The van der Waals surface area contributed by atoms with Crippen LogP contribution in [0.4, 0.5) is 0 Å². The molecule has 0 rings (SSSR count). The largest absolute Gasteiger partial charge is 0.472 e. The van der Waals surface area contributed by atoms with Crippen molar-refractivity contribution in [3.05, 3.63) is 36.5 Å². The summed E-state index contributed by atoms with van der Waals surface area (Å²) in [6.45, 7) is 7.13. The maximum absolute atomic E-state index is 13.5. The summed E-state index contributed by atoms with van der Waals surface area (Å²) in [6.07, 6.45) is 73.4. The molecule has 0 bridgehead atoms. The molecule has 0 heterocycles. The van der Waals surface area contributed by atoms with Gasteiger partial charge in [0.05, 0.1) is 13.2 Å². The van der Waals surface area contributed by atoms with Gasteiger partial charge in [-0.1, -0.05) is 302 Å². The minimum atomic E-state index is -4.86. The molecule has 1 unspecified atom stereocenters. The van der Waals surface area contributed by atoms with Crippen molar-refractivity contribution in [2.24, 2.45) is 0 Å². The van der Waals surface area contributed by atoms with E-state index in [-0.39, 0.29) is 45.0 Å². The van der Waals surface area contributed by atoms with Gasteiger partial charge < -0.3 is 30.0 Å². The average molecular weight is 1310 g/mol. The highest BCUT2D eigenvalue weighted by molar-refractivity contribution is 7.47. The van der Waals surface area contributed by atoms with E-state index >= 15 is 0 Å². The number of unbranched alkanes of at least 4 members (excludes halogenated alkanes) is 46. The predicted octanol–water partition coefficient (Wildman–Crippen LogP) is 24.2. The van der Waals surface area contributed by atoms with Crippen molar-refractivity contribution in [1.29, 1.82) is 0 Å². The minimum absolute atomic E-state index is 0. The smallest absolute Gasteiger partial charge is 0.462 e. The normalized spacial score (nSPS) is 13.0. The zero-order valence-electron chi connectivity index (χ0n) is 59.8. The first-order valence-electron chi connectivity index (χ1n) is 38.3. The van der Waals surface area contributed by atoms with Crippen LogP contribution in [0, 0.1) is 0 Å². The van der Waals surface area contributed by atoms with Crippen LogP contribution in [0.2, 0.25) is 0 Å². The molecule has 0 saturated heterocycles. The Morgan fingerprint density at radius 2 is 0.473 bits per heavy atom. The van der Waals surface area contributed by atoms with E-state index in [0.717, 1.165) is 135 Å². The van der Waals surface area contributed by atoms with Crippen molar-refractivity contribution in [2.45, 2.75) is 406 Å². The van der Waals surface area contributed by atoms with Gasteiger partial charge in [0.15, 0.2) is 12.2 Å². The maximum atomic E-state index is 13.5. The summed E-state index contributed by atoms with van der Waals surface area (Å²) in [4.78, 5) is 63.1. The predicted molar refractivity (Wildman–Crippen MR) is 382 cm³/mol. The lowest BCUT2D eigenvalue weighted by molar-refractivity contribution is -0.162. The molecule has 13 nitrogen and oxygen atoms in total. The molecule has 0 saturated carbocycles. The van der Waals surface area contributed by atoms with Crippen LogP contribution in [0.25, 0.3) is 0 Å². The number of phosphoric ester groups is 1. The van der Waals surface area contributed by atoms with Gasteiger partial charge in [0.2, 0.25) is 0 Å². The molecule has 0 aromatic carbocycles. The van der Waals surface area contributed by atoms with E-state index < -0.39 is 57.1 Å². The molecular weight excluding hydrogens is 1160 g/mol. The number of allylic oxidation sites excluding steroid dienone is 6. The lowest BCUT2D eigenvalue weighted by atomic mass is 10.0. The molecule has 0 aromatic heterocycles. The van der Waals surface area contributed by atoms with E-state index in [2.05, 4.69) is 64.2 Å². The summed E-state index contributed by atoms with van der Waals surface area (Å²) in [7, 11) is -4.86. The third-order valence-electron chi connectivity index (χ3n) is 17.0. The fraction of sp³-hybridized carbons (Fsp3) is 0.870. The minimum Gasteiger partial charge on any atom is -0.462 e. The van der Waals surface area contributed by atoms with E-state index in [0.29, 0.717) is 25.7 Å². The molecule has 14 heteroatoms. The van der Waals surface area contributed by atoms with Crippen LogP contribution in [0.1, 0.15) is 394 Å². The lowest BCUT2D eigenvalue weighted by Gasteiger charge is -2.22. The summed E-state index contributed by atoms with van der Waals surface area (Å²) in [6, 6.07) is 0. The van der Waals surface area contributed by atoms with E-state index in [4.69, 9.17) is 28.0 Å². The molecule has 0 aliphatic carbocycles. The fourth-order valence-electron chi connectivity index (χ4n) is 11.1. The number of ether oxygens (including phenoxy) is 4. The number of hydrogen-bond acceptors (Lipinski definition) is 12. The van der Waals surface area contributed by atoms with Crippen molar-refractivity contribution in [3.63, 3.8) is 0 Å². The number of carbonyl (C=O) groups excluding carboxylic acids is 4. The zero-order valence-corrected chi connectivity index (χ0v) is 60.7. The molecule has 0 aliphatic rings. The van der Waals surface area contributed by atoms with Crippen LogP contribution in [0.5, 0.6) is 0 Å². The first-order valence-corrected chi connectivity index (χ1v) is 39.8. The second-order valence-corrected chi connectivity index (χ2v) is 27.5. The average Bonchev–Trinajstić information content (AvgIpc) is 3.66. The van der Waals surface area contributed by atoms with E-state index in [9.17, 15) is 28.6 Å². The van der Waals surface area contributed by atoms with Crippen LogP contribution in [-0.4, -0.2) is 67.4 Å². The van der Waals surface area contributed by atoms with Crippen LogP contribution in [-0.2, 0) is 51.7 Å². The van der Waals surface area contributed by atoms with Crippen LogP contribution in [0.15, 0.2) is 36.5 Å². The van der Waals surface area contributed by atoms with Gasteiger partial charge in [-0.05, 0) is 103 Å². The van der Waals surface area contributed by atoms with Gasteiger partial charge in [0.1, 0.15) is 13.2 Å². The second kappa shape index (κ2) is 73.0. The highest BCUT2D eigenvalue weighted by atomic mass is 31.2. The number of rotatable bonds is 72. The summed E-state index contributed by atoms with van der Waals surface area (Å²) < 4.78 is 46.8. The molecule has 0 aromatic rings. The summed E-state index contributed by atoms with van der Waals surface area (Å²) in [5.74, 6) is -1.91. The van der Waals surface area contributed by atoms with Gasteiger partial charge in [-0.25, -0.2) is 4.57 Å². The Bertz CT molecular complexity index is 1720. The second-order valence-electron chi connectivity index (χ2n) is 26.0. The van der Waals surface area contributed by atoms with Crippen LogP contribution >= 0.6 is 7.82 Å². The number of esters is 4. The third kappa shape index (κ3) is 71.3. The Morgan fingerprint density at radius 1 is 0.286 bits per heavy atom. The highest BCUT2D eigenvalue weighted by Crippen LogP contribution is 2.43. The Morgan fingerprint density at radius 3 is 0.692 bits per heavy atom. The zero-order chi connectivity index (χ0) is 65.6. The van der Waals surface area contributed by atoms with Gasteiger partial charge >= 0.3 is 31.7 Å². The number of hydrogen-bond donors (Lipinski definition) is 2. The van der Waals surface area contributed by atoms with Gasteiger partial charge in [-0.3, -0.25) is 28.2 Å². The molecular formula is C77H146NO12P. The van der Waals surface area contributed by atoms with E-state index in [1.165, 1.54) is 180 Å². The molecule has 0 spiro atoms. The van der Waals surface area contributed by atoms with Gasteiger partial charge in [-0.2, -0.15) is 0 Å². The monoisotopic (exact) mass is 1310 g/mol. The quantitative estimate of drug-likeness (QED) is 0.0192.